The lowest BCUT2D eigenvalue weighted by Crippen LogP contribution is -2.38. The molecule has 1 aromatic rings. The Hall–Kier alpha value is -1.29. The van der Waals surface area contributed by atoms with Gasteiger partial charge in [0.25, 0.3) is 0 Å². The Bertz CT molecular complexity index is 442. The van der Waals surface area contributed by atoms with E-state index in [9.17, 15) is 13.2 Å². The van der Waals surface area contributed by atoms with Crippen LogP contribution in [-0.4, -0.2) is 0 Å². The van der Waals surface area contributed by atoms with E-state index in [2.05, 4.69) is 0 Å². The van der Waals surface area contributed by atoms with Gasteiger partial charge in [0.1, 0.15) is 5.82 Å². The fourth-order valence-electron chi connectivity index (χ4n) is 2.00. The lowest BCUT2D eigenvalue weighted by molar-refractivity contribution is 0.376. The van der Waals surface area contributed by atoms with E-state index < -0.39 is 23.0 Å². The van der Waals surface area contributed by atoms with Crippen LogP contribution in [0.1, 0.15) is 24.8 Å². The molecule has 2 N–H and O–H groups in total. The van der Waals surface area contributed by atoms with E-state index in [1.54, 1.807) is 0 Å². The molecular formula is C12H12F3N. The van der Waals surface area contributed by atoms with E-state index in [4.69, 9.17) is 5.73 Å². The van der Waals surface area contributed by atoms with Crippen molar-refractivity contribution >= 4 is 0 Å². The first kappa shape index (κ1) is 11.2. The summed E-state index contributed by atoms with van der Waals surface area (Å²) in [5, 5.41) is 0. The molecule has 0 saturated carbocycles. The molecule has 0 bridgehead atoms. The van der Waals surface area contributed by atoms with Crippen LogP contribution in [0.25, 0.3) is 0 Å². The molecular weight excluding hydrogens is 215 g/mol. The third-order valence-corrected chi connectivity index (χ3v) is 2.95. The van der Waals surface area contributed by atoms with Crippen molar-refractivity contribution in [1.82, 2.24) is 0 Å². The molecule has 2 rings (SSSR count). The Kier molecular flexibility index (Phi) is 2.76. The van der Waals surface area contributed by atoms with E-state index in [0.29, 0.717) is 18.9 Å². The number of benzene rings is 1. The van der Waals surface area contributed by atoms with Crippen molar-refractivity contribution in [3.8, 4) is 0 Å². The van der Waals surface area contributed by atoms with Crippen molar-refractivity contribution in [2.75, 3.05) is 0 Å². The lowest BCUT2D eigenvalue weighted by atomic mass is 9.80. The van der Waals surface area contributed by atoms with Gasteiger partial charge in [0.05, 0.1) is 0 Å². The Balaban J connectivity index is 2.47. The molecule has 1 unspecified atom stereocenters. The second kappa shape index (κ2) is 3.94. The summed E-state index contributed by atoms with van der Waals surface area (Å²) < 4.78 is 39.4. The normalized spacial score (nSPS) is 24.8. The van der Waals surface area contributed by atoms with Crippen LogP contribution in [-0.2, 0) is 5.54 Å². The summed E-state index contributed by atoms with van der Waals surface area (Å²) in [7, 11) is 0. The molecule has 0 fully saturated rings. The predicted octanol–water partition coefficient (Wildman–Crippen LogP) is 3.00. The van der Waals surface area contributed by atoms with Gasteiger partial charge in [-0.25, -0.2) is 13.2 Å². The molecule has 0 heterocycles. The molecule has 0 spiro atoms. The van der Waals surface area contributed by atoms with Gasteiger partial charge in [0.15, 0.2) is 11.6 Å². The summed E-state index contributed by atoms with van der Waals surface area (Å²) in [4.78, 5) is 0. The van der Waals surface area contributed by atoms with Gasteiger partial charge in [0, 0.05) is 17.2 Å². The van der Waals surface area contributed by atoms with E-state index in [-0.39, 0.29) is 5.56 Å². The molecule has 1 aliphatic rings. The summed E-state index contributed by atoms with van der Waals surface area (Å²) in [6.45, 7) is 0. The number of nitrogens with two attached hydrogens (primary N) is 1. The van der Waals surface area contributed by atoms with E-state index in [1.807, 2.05) is 12.2 Å². The van der Waals surface area contributed by atoms with Crippen molar-refractivity contribution in [1.29, 1.82) is 0 Å². The standard InChI is InChI=1S/C12H12F3N/c13-9-7-11(15)10(14)6-8(9)12(16)4-2-1-3-5-12/h1-2,6-7H,3-5,16H2. The highest BCUT2D eigenvalue weighted by Crippen LogP contribution is 2.33. The van der Waals surface area contributed by atoms with Crippen LogP contribution < -0.4 is 5.73 Å². The summed E-state index contributed by atoms with van der Waals surface area (Å²) in [6.07, 6.45) is 5.47. The molecule has 1 nitrogen and oxygen atoms in total. The van der Waals surface area contributed by atoms with Gasteiger partial charge in [-0.2, -0.15) is 0 Å². The van der Waals surface area contributed by atoms with Crippen LogP contribution in [0.5, 0.6) is 0 Å². The number of hydrogen-bond donors (Lipinski definition) is 1. The molecule has 0 aliphatic heterocycles. The third-order valence-electron chi connectivity index (χ3n) is 2.95. The highest BCUT2D eigenvalue weighted by Gasteiger charge is 2.31. The smallest absolute Gasteiger partial charge is 0.161 e. The second-order valence-corrected chi connectivity index (χ2v) is 4.12. The van der Waals surface area contributed by atoms with Gasteiger partial charge in [0.2, 0.25) is 0 Å². The van der Waals surface area contributed by atoms with Crippen molar-refractivity contribution in [3.63, 3.8) is 0 Å². The molecule has 0 aromatic heterocycles. The molecule has 4 heteroatoms. The van der Waals surface area contributed by atoms with Gasteiger partial charge < -0.3 is 5.73 Å². The van der Waals surface area contributed by atoms with Gasteiger partial charge in [-0.1, -0.05) is 12.2 Å². The van der Waals surface area contributed by atoms with E-state index >= 15 is 0 Å². The number of hydrogen-bond acceptors (Lipinski definition) is 1. The van der Waals surface area contributed by atoms with Crippen molar-refractivity contribution in [3.05, 3.63) is 47.3 Å². The minimum atomic E-state index is -1.18. The molecule has 1 atom stereocenters. The monoisotopic (exact) mass is 227 g/mol. The molecule has 0 saturated heterocycles. The zero-order chi connectivity index (χ0) is 11.8. The minimum Gasteiger partial charge on any atom is -0.321 e. The van der Waals surface area contributed by atoms with Gasteiger partial charge >= 0.3 is 0 Å². The maximum Gasteiger partial charge on any atom is 0.161 e. The summed E-state index contributed by atoms with van der Waals surface area (Å²) >= 11 is 0. The van der Waals surface area contributed by atoms with E-state index in [1.165, 1.54) is 0 Å². The van der Waals surface area contributed by atoms with Crippen LogP contribution in [0.3, 0.4) is 0 Å². The van der Waals surface area contributed by atoms with Crippen molar-refractivity contribution in [2.45, 2.75) is 24.8 Å². The van der Waals surface area contributed by atoms with Crippen LogP contribution in [0.4, 0.5) is 13.2 Å². The number of rotatable bonds is 1. The maximum atomic E-state index is 13.5. The van der Waals surface area contributed by atoms with Gasteiger partial charge in [-0.15, -0.1) is 0 Å². The average molecular weight is 227 g/mol. The minimum absolute atomic E-state index is 0.0516. The molecule has 86 valence electrons. The zero-order valence-electron chi connectivity index (χ0n) is 8.64. The Morgan fingerprint density at radius 3 is 2.31 bits per heavy atom. The maximum absolute atomic E-state index is 13.5. The molecule has 1 aliphatic carbocycles. The highest BCUT2D eigenvalue weighted by atomic mass is 19.2. The summed E-state index contributed by atoms with van der Waals surface area (Å²) in [5.41, 5.74) is 5.15. The quantitative estimate of drug-likeness (QED) is 0.579. The molecule has 16 heavy (non-hydrogen) atoms. The van der Waals surface area contributed by atoms with E-state index in [0.717, 1.165) is 12.5 Å². The van der Waals surface area contributed by atoms with Crippen molar-refractivity contribution < 1.29 is 13.2 Å². The molecule has 1 aromatic carbocycles. The summed E-state index contributed by atoms with van der Waals surface area (Å²) in [5.74, 6) is -3.02. The first-order valence-electron chi connectivity index (χ1n) is 5.12. The Morgan fingerprint density at radius 1 is 1.00 bits per heavy atom. The average Bonchev–Trinajstić information content (AvgIpc) is 2.24. The fraction of sp³-hybridized carbons (Fsp3) is 0.333. The first-order chi connectivity index (χ1) is 7.53. The molecule has 0 amide bonds. The molecule has 0 radical (unpaired) electrons. The predicted molar refractivity (Wildman–Crippen MR) is 55.2 cm³/mol. The SMILES string of the molecule is NC1(c2cc(F)c(F)cc2F)CC=CCC1. The first-order valence-corrected chi connectivity index (χ1v) is 5.12. The van der Waals surface area contributed by atoms with Gasteiger partial charge in [-0.3, -0.25) is 0 Å². The Morgan fingerprint density at radius 2 is 1.69 bits per heavy atom. The zero-order valence-corrected chi connectivity index (χ0v) is 8.64. The topological polar surface area (TPSA) is 26.0 Å². The lowest BCUT2D eigenvalue weighted by Gasteiger charge is -2.31. The van der Waals surface area contributed by atoms with Crippen LogP contribution in [0, 0.1) is 17.5 Å². The number of allylic oxidation sites excluding steroid dienone is 1. The second-order valence-electron chi connectivity index (χ2n) is 4.12. The van der Waals surface area contributed by atoms with Crippen LogP contribution >= 0.6 is 0 Å². The summed E-state index contributed by atoms with van der Waals surface area (Å²) in [6, 6.07) is 1.42. The van der Waals surface area contributed by atoms with Crippen LogP contribution in [0.2, 0.25) is 0 Å². The highest BCUT2D eigenvalue weighted by molar-refractivity contribution is 5.29. The van der Waals surface area contributed by atoms with Crippen LogP contribution in [0.15, 0.2) is 24.3 Å². The van der Waals surface area contributed by atoms with Gasteiger partial charge in [-0.05, 0) is 25.3 Å². The fourth-order valence-corrected chi connectivity index (χ4v) is 2.00. The third kappa shape index (κ3) is 1.85. The van der Waals surface area contributed by atoms with Crippen molar-refractivity contribution in [2.24, 2.45) is 5.73 Å². The Labute approximate surface area is 91.8 Å². The number of halogens is 3. The largest absolute Gasteiger partial charge is 0.321 e.